The van der Waals surface area contributed by atoms with E-state index < -0.39 is 34.1 Å². The van der Waals surface area contributed by atoms with Crippen molar-refractivity contribution < 1.29 is 35.7 Å². The molecule has 0 radical (unpaired) electrons. The average molecular weight is 533 g/mol. The van der Waals surface area contributed by atoms with Gasteiger partial charge < -0.3 is 9.29 Å². The van der Waals surface area contributed by atoms with Crippen molar-refractivity contribution in [2.24, 2.45) is 0 Å². The summed E-state index contributed by atoms with van der Waals surface area (Å²) in [5.41, 5.74) is 3.03. The van der Waals surface area contributed by atoms with E-state index in [0.717, 1.165) is 12.2 Å². The van der Waals surface area contributed by atoms with Gasteiger partial charge in [0.25, 0.3) is 0 Å². The molecule has 10 heteroatoms. The maximum Gasteiger partial charge on any atom is 0.368 e. The van der Waals surface area contributed by atoms with Gasteiger partial charge in [-0.2, -0.15) is 8.78 Å². The maximum atomic E-state index is 12.4. The summed E-state index contributed by atoms with van der Waals surface area (Å²) in [6, 6.07) is 22.2. The molecule has 0 aliphatic heterocycles. The van der Waals surface area contributed by atoms with Crippen molar-refractivity contribution in [3.05, 3.63) is 71.8 Å². The highest BCUT2D eigenvalue weighted by Crippen LogP contribution is 2.30. The van der Waals surface area contributed by atoms with E-state index in [-0.39, 0.29) is 0 Å². The summed E-state index contributed by atoms with van der Waals surface area (Å²) in [4.78, 5) is 10.1. The second-order valence-electron chi connectivity index (χ2n) is 8.34. The molecule has 1 fully saturated rings. The zero-order valence-corrected chi connectivity index (χ0v) is 21.2. The lowest BCUT2D eigenvalue weighted by Crippen LogP contribution is -2.41. The van der Waals surface area contributed by atoms with Gasteiger partial charge in [-0.15, -0.1) is 0 Å². The standard InChI is InChI=1S/C20H25S.C5H7F3O5S/c1-4-10-18(11-5-1)16-21(20-14-8-3-9-15-20)17-19-12-6-2-7-13-19;1-3(9)13-2-4(6)5(7,8)14(10,11)12/h1-2,4-7,10-13,20H,3,8-9,14-17H2;4H,2H2,1H3,(H,10,11,12)/q+1;/p-1. The van der Waals surface area contributed by atoms with E-state index >= 15 is 0 Å². The fourth-order valence-electron chi connectivity index (χ4n) is 3.71. The van der Waals surface area contributed by atoms with E-state index in [1.165, 1.54) is 54.7 Å². The van der Waals surface area contributed by atoms with E-state index in [2.05, 4.69) is 65.4 Å². The Morgan fingerprint density at radius 1 is 1.00 bits per heavy atom. The number of benzene rings is 2. The van der Waals surface area contributed by atoms with Crippen LogP contribution in [0.5, 0.6) is 0 Å². The van der Waals surface area contributed by atoms with Gasteiger partial charge in [-0.1, -0.05) is 67.1 Å². The Balaban J connectivity index is 0.000000271. The lowest BCUT2D eigenvalue weighted by Gasteiger charge is -2.23. The first kappa shape index (κ1) is 29.2. The minimum absolute atomic E-state index is 0.487. The number of rotatable bonds is 9. The highest BCUT2D eigenvalue weighted by atomic mass is 32.2. The van der Waals surface area contributed by atoms with Gasteiger partial charge in [0.05, 0.1) is 0 Å². The first-order valence-electron chi connectivity index (χ1n) is 11.4. The van der Waals surface area contributed by atoms with Crippen LogP contribution in [0.25, 0.3) is 0 Å². The van der Waals surface area contributed by atoms with Crippen molar-refractivity contribution in [1.82, 2.24) is 0 Å². The number of esters is 1. The van der Waals surface area contributed by atoms with Crippen LogP contribution >= 0.6 is 0 Å². The quantitative estimate of drug-likeness (QED) is 0.247. The van der Waals surface area contributed by atoms with Crippen molar-refractivity contribution in [2.45, 2.75) is 67.2 Å². The van der Waals surface area contributed by atoms with Crippen LogP contribution in [-0.4, -0.2) is 42.2 Å². The molecular weight excluding hydrogens is 501 g/mol. The maximum absolute atomic E-state index is 12.4. The molecule has 35 heavy (non-hydrogen) atoms. The average Bonchev–Trinajstić information content (AvgIpc) is 2.83. The Hall–Kier alpha value is -2.04. The molecule has 2 aromatic carbocycles. The Labute approximate surface area is 208 Å². The molecule has 194 valence electrons. The molecule has 1 unspecified atom stereocenters. The van der Waals surface area contributed by atoms with Gasteiger partial charge in [0.15, 0.2) is 10.1 Å². The molecule has 1 saturated carbocycles. The summed E-state index contributed by atoms with van der Waals surface area (Å²) in [6.45, 7) is -0.666. The van der Waals surface area contributed by atoms with E-state index in [4.69, 9.17) is 0 Å². The second-order valence-corrected chi connectivity index (χ2v) is 12.1. The molecule has 0 aromatic heterocycles. The summed E-state index contributed by atoms with van der Waals surface area (Å²) in [5.74, 6) is 1.47. The topological polar surface area (TPSA) is 83.5 Å². The van der Waals surface area contributed by atoms with Crippen LogP contribution in [0, 0.1) is 0 Å². The van der Waals surface area contributed by atoms with Gasteiger partial charge in [0, 0.05) is 18.1 Å². The van der Waals surface area contributed by atoms with E-state index in [1.54, 1.807) is 0 Å². The summed E-state index contributed by atoms with van der Waals surface area (Å²) >= 11 is 0. The van der Waals surface area contributed by atoms with Gasteiger partial charge >= 0.3 is 11.2 Å². The van der Waals surface area contributed by atoms with Crippen molar-refractivity contribution in [2.75, 3.05) is 6.61 Å². The molecule has 0 heterocycles. The Morgan fingerprint density at radius 2 is 1.46 bits per heavy atom. The van der Waals surface area contributed by atoms with Crippen molar-refractivity contribution in [3.63, 3.8) is 0 Å². The lowest BCUT2D eigenvalue weighted by atomic mass is 10.0. The lowest BCUT2D eigenvalue weighted by molar-refractivity contribution is -0.145. The molecule has 3 rings (SSSR count). The van der Waals surface area contributed by atoms with Crippen LogP contribution in [0.1, 0.15) is 50.2 Å². The van der Waals surface area contributed by atoms with E-state index in [9.17, 15) is 30.9 Å². The zero-order valence-electron chi connectivity index (χ0n) is 19.6. The summed E-state index contributed by atoms with van der Waals surface area (Å²) < 4.78 is 70.4. The van der Waals surface area contributed by atoms with Crippen LogP contribution in [0.4, 0.5) is 13.2 Å². The SMILES string of the molecule is CC(=O)OCC(F)C(F)(F)S(=O)(=O)[O-].c1ccc(C[S+](Cc2ccccc2)C2CCCCC2)cc1. The Kier molecular flexibility index (Phi) is 11.6. The third-order valence-electron chi connectivity index (χ3n) is 5.54. The Bertz CT molecular complexity index is 957. The molecule has 0 amide bonds. The van der Waals surface area contributed by atoms with Crippen molar-refractivity contribution in [3.8, 4) is 0 Å². The third kappa shape index (κ3) is 9.85. The molecule has 0 bridgehead atoms. The van der Waals surface area contributed by atoms with Crippen LogP contribution < -0.4 is 0 Å². The first-order valence-corrected chi connectivity index (χ1v) is 14.4. The number of hydrogen-bond acceptors (Lipinski definition) is 5. The molecular formula is C25H31F3O5S2. The summed E-state index contributed by atoms with van der Waals surface area (Å²) in [7, 11) is -5.61. The number of halogens is 3. The van der Waals surface area contributed by atoms with E-state index in [0.29, 0.717) is 10.9 Å². The molecule has 0 saturated heterocycles. The fraction of sp³-hybridized carbons (Fsp3) is 0.480. The minimum atomic E-state index is -6.10. The van der Waals surface area contributed by atoms with Gasteiger partial charge in [-0.05, 0) is 36.6 Å². The van der Waals surface area contributed by atoms with Gasteiger partial charge in [0.2, 0.25) is 6.17 Å². The highest BCUT2D eigenvalue weighted by Gasteiger charge is 2.48. The normalized spacial score (nSPS) is 15.7. The Morgan fingerprint density at radius 3 is 1.86 bits per heavy atom. The van der Waals surface area contributed by atoms with Gasteiger partial charge in [-0.3, -0.25) is 4.79 Å². The van der Waals surface area contributed by atoms with Crippen molar-refractivity contribution in [1.29, 1.82) is 0 Å². The summed E-state index contributed by atoms with van der Waals surface area (Å²) in [5, 5.41) is -4.15. The smallest absolute Gasteiger partial charge is 0.368 e. The van der Waals surface area contributed by atoms with Gasteiger partial charge in [-0.25, -0.2) is 12.8 Å². The number of hydrogen-bond donors (Lipinski definition) is 0. The number of ether oxygens (including phenoxy) is 1. The van der Waals surface area contributed by atoms with E-state index in [1.807, 2.05) is 0 Å². The molecule has 0 spiro atoms. The molecule has 2 aromatic rings. The second kappa shape index (κ2) is 13.9. The van der Waals surface area contributed by atoms with Crippen LogP contribution in [-0.2, 0) is 42.1 Å². The number of alkyl halides is 3. The molecule has 0 N–H and O–H groups in total. The number of carbonyl (C=O) groups excluding carboxylic acids is 1. The van der Waals surface area contributed by atoms with Gasteiger partial charge in [0.1, 0.15) is 23.4 Å². The van der Waals surface area contributed by atoms with Crippen LogP contribution in [0.2, 0.25) is 0 Å². The number of carbonyl (C=O) groups is 1. The zero-order chi connectivity index (χ0) is 25.9. The predicted octanol–water partition coefficient (Wildman–Crippen LogP) is 5.36. The first-order chi connectivity index (χ1) is 16.5. The van der Waals surface area contributed by atoms with Crippen molar-refractivity contribution >= 4 is 27.0 Å². The fourth-order valence-corrected chi connectivity index (χ4v) is 6.90. The molecule has 5 nitrogen and oxygen atoms in total. The predicted molar refractivity (Wildman–Crippen MR) is 131 cm³/mol. The highest BCUT2D eigenvalue weighted by molar-refractivity contribution is 7.96. The summed E-state index contributed by atoms with van der Waals surface area (Å²) in [6.07, 6.45) is 3.86. The minimum Gasteiger partial charge on any atom is -0.743 e. The molecule has 1 aliphatic carbocycles. The largest absolute Gasteiger partial charge is 0.743 e. The monoisotopic (exact) mass is 532 g/mol. The van der Waals surface area contributed by atoms with Crippen LogP contribution in [0.3, 0.4) is 0 Å². The van der Waals surface area contributed by atoms with Crippen LogP contribution in [0.15, 0.2) is 60.7 Å². The third-order valence-corrected chi connectivity index (χ3v) is 9.29. The molecule has 1 atom stereocenters. The molecule has 1 aliphatic rings.